The summed E-state index contributed by atoms with van der Waals surface area (Å²) in [5, 5.41) is 0. The Hall–Kier alpha value is -3.02. The average Bonchev–Trinajstić information content (AvgIpc) is 2.66. The molecule has 0 saturated carbocycles. The van der Waals surface area contributed by atoms with Crippen molar-refractivity contribution in [2.45, 2.75) is 40.2 Å². The molecule has 0 aromatic heterocycles. The SMILES string of the molecule is CCc1ccc(OC(C)C(=O)NNC(=O)COc2ccc(C)cc2C)cc1. The van der Waals surface area contributed by atoms with E-state index in [1.807, 2.05) is 56.3 Å². The van der Waals surface area contributed by atoms with Crippen LogP contribution in [0.25, 0.3) is 0 Å². The van der Waals surface area contributed by atoms with Crippen molar-refractivity contribution in [2.75, 3.05) is 6.61 Å². The van der Waals surface area contributed by atoms with Crippen molar-refractivity contribution >= 4 is 11.8 Å². The van der Waals surface area contributed by atoms with E-state index in [1.165, 1.54) is 5.56 Å². The van der Waals surface area contributed by atoms with Crippen LogP contribution >= 0.6 is 0 Å². The maximum absolute atomic E-state index is 12.0. The Morgan fingerprint density at radius 1 is 1.04 bits per heavy atom. The predicted molar refractivity (Wildman–Crippen MR) is 104 cm³/mol. The van der Waals surface area contributed by atoms with Gasteiger partial charge in [0.15, 0.2) is 12.7 Å². The molecule has 0 radical (unpaired) electrons. The van der Waals surface area contributed by atoms with E-state index in [9.17, 15) is 9.59 Å². The monoisotopic (exact) mass is 370 g/mol. The molecule has 2 rings (SSSR count). The zero-order valence-corrected chi connectivity index (χ0v) is 16.2. The highest BCUT2D eigenvalue weighted by molar-refractivity contribution is 5.85. The fraction of sp³-hybridized carbons (Fsp3) is 0.333. The molecule has 2 aromatic rings. The Balaban J connectivity index is 1.75. The first kappa shape index (κ1) is 20.3. The number of benzene rings is 2. The number of nitrogens with one attached hydrogen (secondary N) is 2. The lowest BCUT2D eigenvalue weighted by atomic mass is 10.1. The van der Waals surface area contributed by atoms with E-state index in [1.54, 1.807) is 6.92 Å². The highest BCUT2D eigenvalue weighted by Crippen LogP contribution is 2.18. The van der Waals surface area contributed by atoms with Gasteiger partial charge in [-0.1, -0.05) is 36.8 Å². The Morgan fingerprint density at radius 3 is 2.37 bits per heavy atom. The van der Waals surface area contributed by atoms with Gasteiger partial charge in [0.25, 0.3) is 11.8 Å². The molecular weight excluding hydrogens is 344 g/mol. The van der Waals surface area contributed by atoms with Gasteiger partial charge in [-0.3, -0.25) is 20.4 Å². The molecule has 0 aliphatic heterocycles. The highest BCUT2D eigenvalue weighted by Gasteiger charge is 2.15. The van der Waals surface area contributed by atoms with Crippen molar-refractivity contribution in [3.63, 3.8) is 0 Å². The second-order valence-electron chi connectivity index (χ2n) is 6.35. The van der Waals surface area contributed by atoms with Crippen LogP contribution in [-0.4, -0.2) is 24.5 Å². The number of rotatable bonds is 7. The number of hydrazine groups is 1. The summed E-state index contributed by atoms with van der Waals surface area (Å²) in [6.07, 6.45) is 0.185. The third kappa shape index (κ3) is 6.33. The molecule has 1 unspecified atom stereocenters. The molecule has 0 spiro atoms. The maximum atomic E-state index is 12.0. The van der Waals surface area contributed by atoms with E-state index in [2.05, 4.69) is 17.8 Å². The molecule has 27 heavy (non-hydrogen) atoms. The first-order valence-corrected chi connectivity index (χ1v) is 8.93. The minimum Gasteiger partial charge on any atom is -0.483 e. The standard InChI is InChI=1S/C21H26N2O4/c1-5-17-7-9-18(10-8-17)27-16(4)21(25)23-22-20(24)13-26-19-11-6-14(2)12-15(19)3/h6-12,16H,5,13H2,1-4H3,(H,22,24)(H,23,25). The lowest BCUT2D eigenvalue weighted by Gasteiger charge is -2.15. The zero-order chi connectivity index (χ0) is 19.8. The molecule has 2 amide bonds. The third-order valence-electron chi connectivity index (χ3n) is 4.03. The van der Waals surface area contributed by atoms with Crippen LogP contribution in [0.2, 0.25) is 0 Å². The van der Waals surface area contributed by atoms with Crippen LogP contribution in [-0.2, 0) is 16.0 Å². The summed E-state index contributed by atoms with van der Waals surface area (Å²) in [7, 11) is 0. The number of aryl methyl sites for hydroxylation is 3. The summed E-state index contributed by atoms with van der Waals surface area (Å²) in [6.45, 7) is 7.38. The van der Waals surface area contributed by atoms with Crippen molar-refractivity contribution in [1.29, 1.82) is 0 Å². The summed E-state index contributed by atoms with van der Waals surface area (Å²) < 4.78 is 11.0. The number of amides is 2. The summed E-state index contributed by atoms with van der Waals surface area (Å²) >= 11 is 0. The third-order valence-corrected chi connectivity index (χ3v) is 4.03. The number of hydrogen-bond donors (Lipinski definition) is 2. The van der Waals surface area contributed by atoms with Gasteiger partial charge in [-0.25, -0.2) is 0 Å². The van der Waals surface area contributed by atoms with Crippen molar-refractivity contribution in [3.05, 3.63) is 59.2 Å². The van der Waals surface area contributed by atoms with Gasteiger partial charge in [0.2, 0.25) is 0 Å². The van der Waals surface area contributed by atoms with Gasteiger partial charge in [-0.05, 0) is 56.5 Å². The van der Waals surface area contributed by atoms with Gasteiger partial charge in [-0.15, -0.1) is 0 Å². The van der Waals surface area contributed by atoms with Crippen LogP contribution in [0.15, 0.2) is 42.5 Å². The van der Waals surface area contributed by atoms with Crippen LogP contribution in [0.3, 0.4) is 0 Å². The Labute approximate surface area is 159 Å². The van der Waals surface area contributed by atoms with Crippen LogP contribution in [0, 0.1) is 13.8 Å². The van der Waals surface area contributed by atoms with Crippen LogP contribution in [0.4, 0.5) is 0 Å². The van der Waals surface area contributed by atoms with Gasteiger partial charge in [0, 0.05) is 0 Å². The minimum atomic E-state index is -0.752. The van der Waals surface area contributed by atoms with E-state index in [4.69, 9.17) is 9.47 Å². The fourth-order valence-electron chi connectivity index (χ4n) is 2.43. The molecule has 0 saturated heterocycles. The van der Waals surface area contributed by atoms with Crippen LogP contribution in [0.1, 0.15) is 30.5 Å². The molecule has 2 aromatic carbocycles. The summed E-state index contributed by atoms with van der Waals surface area (Å²) in [6, 6.07) is 13.2. The van der Waals surface area contributed by atoms with Gasteiger partial charge >= 0.3 is 0 Å². The summed E-state index contributed by atoms with van der Waals surface area (Å²) in [5.41, 5.74) is 7.92. The average molecular weight is 370 g/mol. The summed E-state index contributed by atoms with van der Waals surface area (Å²) in [4.78, 5) is 23.9. The van der Waals surface area contributed by atoms with Gasteiger partial charge in [0.1, 0.15) is 11.5 Å². The van der Waals surface area contributed by atoms with Crippen LogP contribution in [0.5, 0.6) is 11.5 Å². The molecule has 2 N–H and O–H groups in total. The topological polar surface area (TPSA) is 76.7 Å². The molecule has 0 aliphatic carbocycles. The van der Waals surface area contributed by atoms with Gasteiger partial charge < -0.3 is 9.47 Å². The minimum absolute atomic E-state index is 0.197. The first-order chi connectivity index (χ1) is 12.9. The number of ether oxygens (including phenoxy) is 2. The Morgan fingerprint density at radius 2 is 1.74 bits per heavy atom. The molecular formula is C21H26N2O4. The molecule has 6 nitrogen and oxygen atoms in total. The Kier molecular flexibility index (Phi) is 7.23. The highest BCUT2D eigenvalue weighted by atomic mass is 16.5. The van der Waals surface area contributed by atoms with Crippen molar-refractivity contribution in [3.8, 4) is 11.5 Å². The molecule has 0 aliphatic rings. The number of carbonyl (C=O) groups is 2. The van der Waals surface area contributed by atoms with Crippen molar-refractivity contribution < 1.29 is 19.1 Å². The maximum Gasteiger partial charge on any atom is 0.279 e. The fourth-order valence-corrected chi connectivity index (χ4v) is 2.43. The quantitative estimate of drug-likeness (QED) is 0.735. The first-order valence-electron chi connectivity index (χ1n) is 8.93. The second-order valence-corrected chi connectivity index (χ2v) is 6.35. The lowest BCUT2D eigenvalue weighted by Crippen LogP contribution is -2.48. The Bertz CT molecular complexity index is 787. The zero-order valence-electron chi connectivity index (χ0n) is 16.2. The van der Waals surface area contributed by atoms with Gasteiger partial charge in [0.05, 0.1) is 0 Å². The number of carbonyl (C=O) groups excluding carboxylic acids is 2. The molecule has 0 fully saturated rings. The van der Waals surface area contributed by atoms with E-state index in [-0.39, 0.29) is 6.61 Å². The van der Waals surface area contributed by atoms with E-state index >= 15 is 0 Å². The van der Waals surface area contributed by atoms with Crippen molar-refractivity contribution in [1.82, 2.24) is 10.9 Å². The molecule has 0 heterocycles. The number of hydrogen-bond acceptors (Lipinski definition) is 4. The predicted octanol–water partition coefficient (Wildman–Crippen LogP) is 2.86. The van der Waals surface area contributed by atoms with E-state index < -0.39 is 17.9 Å². The van der Waals surface area contributed by atoms with Gasteiger partial charge in [-0.2, -0.15) is 0 Å². The van der Waals surface area contributed by atoms with E-state index in [0.717, 1.165) is 17.5 Å². The molecule has 6 heteroatoms. The molecule has 0 bridgehead atoms. The van der Waals surface area contributed by atoms with Crippen molar-refractivity contribution in [2.24, 2.45) is 0 Å². The van der Waals surface area contributed by atoms with E-state index in [0.29, 0.717) is 11.5 Å². The largest absolute Gasteiger partial charge is 0.483 e. The van der Waals surface area contributed by atoms with Crippen LogP contribution < -0.4 is 20.3 Å². The second kappa shape index (κ2) is 9.62. The summed E-state index contributed by atoms with van der Waals surface area (Å²) in [5.74, 6) is 0.325. The molecule has 1 atom stereocenters. The lowest BCUT2D eigenvalue weighted by molar-refractivity contribution is -0.133. The molecule has 144 valence electrons. The normalized spacial score (nSPS) is 11.4. The smallest absolute Gasteiger partial charge is 0.279 e.